The number of ether oxygens (including phenoxy) is 3. The van der Waals surface area contributed by atoms with Crippen LogP contribution in [0.1, 0.15) is 53.4 Å². The molecule has 5 atom stereocenters. The van der Waals surface area contributed by atoms with Crippen molar-refractivity contribution in [3.8, 4) is 0 Å². The first-order valence-corrected chi connectivity index (χ1v) is 9.06. The predicted octanol–water partition coefficient (Wildman–Crippen LogP) is 2.84. The highest BCUT2D eigenvalue weighted by Gasteiger charge is 2.49. The molecule has 1 N–H and O–H groups in total. The summed E-state index contributed by atoms with van der Waals surface area (Å²) in [6.07, 6.45) is 2.34. The van der Waals surface area contributed by atoms with E-state index in [1.807, 2.05) is 20.8 Å². The first kappa shape index (κ1) is 19.2. The third-order valence-electron chi connectivity index (χ3n) is 5.70. The highest BCUT2D eigenvalue weighted by atomic mass is 16.7. The van der Waals surface area contributed by atoms with Crippen molar-refractivity contribution < 1.29 is 28.9 Å². The lowest BCUT2D eigenvalue weighted by Gasteiger charge is -2.32. The highest BCUT2D eigenvalue weighted by Crippen LogP contribution is 2.41. The van der Waals surface area contributed by atoms with Crippen LogP contribution in [0.2, 0.25) is 0 Å². The zero-order chi connectivity index (χ0) is 17.9. The maximum absolute atomic E-state index is 12.0. The Labute approximate surface area is 143 Å². The van der Waals surface area contributed by atoms with E-state index in [1.54, 1.807) is 6.92 Å². The first-order chi connectivity index (χ1) is 11.3. The summed E-state index contributed by atoms with van der Waals surface area (Å²) < 4.78 is 16.8. The molecule has 24 heavy (non-hydrogen) atoms. The first-order valence-electron chi connectivity index (χ1n) is 9.06. The van der Waals surface area contributed by atoms with Crippen LogP contribution in [0.3, 0.4) is 0 Å². The summed E-state index contributed by atoms with van der Waals surface area (Å²) in [6.45, 7) is 8.85. The van der Waals surface area contributed by atoms with Crippen molar-refractivity contribution in [2.75, 3.05) is 13.2 Å². The van der Waals surface area contributed by atoms with E-state index in [4.69, 9.17) is 14.2 Å². The topological polar surface area (TPSA) is 82.1 Å². The van der Waals surface area contributed by atoms with Gasteiger partial charge >= 0.3 is 11.9 Å². The minimum Gasteiger partial charge on any atom is -0.481 e. The van der Waals surface area contributed by atoms with Crippen LogP contribution in [0.5, 0.6) is 0 Å². The van der Waals surface area contributed by atoms with E-state index in [2.05, 4.69) is 0 Å². The molecule has 0 amide bonds. The molecule has 0 saturated carbocycles. The molecule has 0 aromatic carbocycles. The summed E-state index contributed by atoms with van der Waals surface area (Å²) >= 11 is 0. The lowest BCUT2D eigenvalue weighted by Crippen LogP contribution is -2.38. The van der Waals surface area contributed by atoms with Crippen molar-refractivity contribution in [3.63, 3.8) is 0 Å². The fraction of sp³-hybridized carbons (Fsp3) is 0.889. The molecular formula is C18H30O6. The molecule has 2 fully saturated rings. The SMILES string of the molecule is CC[C@H]1C(=O)O[C@H](C)[C@H]1[C@@H](C(=O)O)[C@@H](C)CCC1(CC)OCCO1. The van der Waals surface area contributed by atoms with Gasteiger partial charge < -0.3 is 19.3 Å². The largest absolute Gasteiger partial charge is 0.481 e. The second-order valence-electron chi connectivity index (χ2n) is 7.08. The lowest BCUT2D eigenvalue weighted by molar-refractivity contribution is -0.168. The summed E-state index contributed by atoms with van der Waals surface area (Å²) in [5, 5.41) is 9.81. The molecule has 0 unspecified atom stereocenters. The Bertz CT molecular complexity index is 456. The van der Waals surface area contributed by atoms with Gasteiger partial charge in [-0.1, -0.05) is 20.8 Å². The Hall–Kier alpha value is -1.14. The van der Waals surface area contributed by atoms with Crippen molar-refractivity contribution in [2.24, 2.45) is 23.7 Å². The molecular weight excluding hydrogens is 312 g/mol. The van der Waals surface area contributed by atoms with Gasteiger partial charge in [-0.2, -0.15) is 0 Å². The van der Waals surface area contributed by atoms with E-state index in [-0.39, 0.29) is 29.8 Å². The number of hydrogen-bond acceptors (Lipinski definition) is 5. The van der Waals surface area contributed by atoms with Crippen molar-refractivity contribution in [3.05, 3.63) is 0 Å². The van der Waals surface area contributed by atoms with Gasteiger partial charge in [0.15, 0.2) is 5.79 Å². The molecule has 0 aliphatic carbocycles. The van der Waals surface area contributed by atoms with Gasteiger partial charge in [0.2, 0.25) is 0 Å². The fourth-order valence-electron chi connectivity index (χ4n) is 4.25. The van der Waals surface area contributed by atoms with E-state index >= 15 is 0 Å². The molecule has 0 bridgehead atoms. The second-order valence-corrected chi connectivity index (χ2v) is 7.08. The Morgan fingerprint density at radius 3 is 2.46 bits per heavy atom. The van der Waals surface area contributed by atoms with Gasteiger partial charge in [0, 0.05) is 12.3 Å². The van der Waals surface area contributed by atoms with Crippen LogP contribution < -0.4 is 0 Å². The van der Waals surface area contributed by atoms with Gasteiger partial charge in [-0.15, -0.1) is 0 Å². The molecule has 2 saturated heterocycles. The van der Waals surface area contributed by atoms with Crippen LogP contribution in [0.15, 0.2) is 0 Å². The second kappa shape index (κ2) is 7.83. The van der Waals surface area contributed by atoms with E-state index in [0.717, 1.165) is 6.42 Å². The number of carboxylic acid groups (broad SMARTS) is 1. The number of carbonyl (C=O) groups excluding carboxylic acids is 1. The van der Waals surface area contributed by atoms with Gasteiger partial charge in [0.1, 0.15) is 6.10 Å². The Morgan fingerprint density at radius 2 is 1.96 bits per heavy atom. The van der Waals surface area contributed by atoms with Crippen LogP contribution >= 0.6 is 0 Å². The molecule has 6 heteroatoms. The van der Waals surface area contributed by atoms with E-state index in [0.29, 0.717) is 32.5 Å². The highest BCUT2D eigenvalue weighted by molar-refractivity contribution is 5.78. The monoisotopic (exact) mass is 342 g/mol. The van der Waals surface area contributed by atoms with Crippen molar-refractivity contribution in [1.82, 2.24) is 0 Å². The number of rotatable bonds is 8. The molecule has 0 spiro atoms. The van der Waals surface area contributed by atoms with Crippen LogP contribution in [-0.2, 0) is 23.8 Å². The number of cyclic esters (lactones) is 1. The summed E-state index contributed by atoms with van der Waals surface area (Å²) in [6, 6.07) is 0. The van der Waals surface area contributed by atoms with Crippen LogP contribution in [0, 0.1) is 23.7 Å². The van der Waals surface area contributed by atoms with Gasteiger partial charge in [-0.05, 0) is 32.1 Å². The van der Waals surface area contributed by atoms with Crippen LogP contribution in [-0.4, -0.2) is 42.1 Å². The minimum atomic E-state index is -0.852. The summed E-state index contributed by atoms with van der Waals surface area (Å²) in [5.41, 5.74) is 0. The van der Waals surface area contributed by atoms with E-state index < -0.39 is 17.7 Å². The third-order valence-corrected chi connectivity index (χ3v) is 5.70. The molecule has 6 nitrogen and oxygen atoms in total. The molecule has 2 heterocycles. The Balaban J connectivity index is 2.09. The molecule has 2 aliphatic rings. The number of aliphatic carboxylic acids is 1. The zero-order valence-corrected chi connectivity index (χ0v) is 15.1. The van der Waals surface area contributed by atoms with Gasteiger partial charge in [0.05, 0.1) is 25.0 Å². The third kappa shape index (κ3) is 3.75. The number of hydrogen-bond donors (Lipinski definition) is 1. The molecule has 0 radical (unpaired) electrons. The average molecular weight is 342 g/mol. The summed E-state index contributed by atoms with van der Waals surface area (Å²) in [4.78, 5) is 23.9. The Morgan fingerprint density at radius 1 is 1.33 bits per heavy atom. The standard InChI is InChI=1S/C18H30O6/c1-5-13-15(12(4)24-17(13)21)14(16(19)20)11(3)7-8-18(6-2)22-9-10-23-18/h11-15H,5-10H2,1-4H3,(H,19,20)/t11-,12+,13+,14-,15+/m0/s1. The summed E-state index contributed by atoms with van der Waals surface area (Å²) in [5.74, 6) is -2.99. The Kier molecular flexibility index (Phi) is 6.26. The van der Waals surface area contributed by atoms with Crippen molar-refractivity contribution in [1.29, 1.82) is 0 Å². The fourth-order valence-corrected chi connectivity index (χ4v) is 4.25. The minimum absolute atomic E-state index is 0.0882. The molecule has 0 aromatic rings. The normalized spacial score (nSPS) is 31.7. The smallest absolute Gasteiger partial charge is 0.309 e. The van der Waals surface area contributed by atoms with Crippen molar-refractivity contribution in [2.45, 2.75) is 65.3 Å². The molecule has 2 rings (SSSR count). The lowest BCUT2D eigenvalue weighted by atomic mass is 9.72. The van der Waals surface area contributed by atoms with E-state index in [1.165, 1.54) is 0 Å². The van der Waals surface area contributed by atoms with Gasteiger partial charge in [0.25, 0.3) is 0 Å². The van der Waals surface area contributed by atoms with Crippen LogP contribution in [0.4, 0.5) is 0 Å². The van der Waals surface area contributed by atoms with Gasteiger partial charge in [-0.25, -0.2) is 0 Å². The predicted molar refractivity (Wildman–Crippen MR) is 87.3 cm³/mol. The number of carbonyl (C=O) groups is 2. The molecule has 138 valence electrons. The maximum Gasteiger partial charge on any atom is 0.309 e. The van der Waals surface area contributed by atoms with E-state index in [9.17, 15) is 14.7 Å². The van der Waals surface area contributed by atoms with Crippen molar-refractivity contribution >= 4 is 11.9 Å². The zero-order valence-electron chi connectivity index (χ0n) is 15.1. The van der Waals surface area contributed by atoms with Crippen LogP contribution in [0.25, 0.3) is 0 Å². The number of carboxylic acids is 1. The quantitative estimate of drug-likeness (QED) is 0.683. The summed E-state index contributed by atoms with van der Waals surface area (Å²) in [7, 11) is 0. The van der Waals surface area contributed by atoms with Gasteiger partial charge in [-0.3, -0.25) is 9.59 Å². The maximum atomic E-state index is 12.0. The molecule has 2 aliphatic heterocycles. The average Bonchev–Trinajstić information content (AvgIpc) is 3.11. The number of esters is 1. The molecule has 0 aromatic heterocycles.